The van der Waals surface area contributed by atoms with Gasteiger partial charge in [-0.2, -0.15) is 26.3 Å². The Balaban J connectivity index is 0.000000708. The van der Waals surface area contributed by atoms with E-state index in [1.807, 2.05) is 0 Å². The Hall–Kier alpha value is -3.90. The Labute approximate surface area is 227 Å². The van der Waals surface area contributed by atoms with E-state index in [1.54, 1.807) is 19.1 Å². The van der Waals surface area contributed by atoms with E-state index in [1.165, 1.54) is 19.4 Å². The molecule has 0 bridgehead atoms. The molecule has 1 aromatic carbocycles. The van der Waals surface area contributed by atoms with Crippen LogP contribution in [0.25, 0.3) is 0 Å². The molecule has 4 N–H and O–H groups in total. The highest BCUT2D eigenvalue weighted by molar-refractivity contribution is 7.89. The van der Waals surface area contributed by atoms with Crippen molar-refractivity contribution in [2.75, 3.05) is 24.3 Å². The van der Waals surface area contributed by atoms with Crippen molar-refractivity contribution >= 4 is 50.7 Å². The van der Waals surface area contributed by atoms with Crippen LogP contribution in [-0.4, -0.2) is 60.5 Å². The topological polar surface area (TPSA) is 155 Å². The van der Waals surface area contributed by atoms with E-state index in [9.17, 15) is 34.8 Å². The van der Waals surface area contributed by atoms with Crippen molar-refractivity contribution in [2.24, 2.45) is 0 Å². The van der Waals surface area contributed by atoms with Crippen LogP contribution in [0, 0.1) is 6.92 Å². The summed E-state index contributed by atoms with van der Waals surface area (Å²) < 4.78 is 101. The van der Waals surface area contributed by atoms with Crippen LogP contribution in [0.1, 0.15) is 5.69 Å². The number of hydrogen-bond acceptors (Lipinski definition) is 9. The number of rotatable bonds is 8. The first-order valence-corrected chi connectivity index (χ1v) is 12.3. The summed E-state index contributed by atoms with van der Waals surface area (Å²) in [6, 6.07) is 8.14. The number of aromatic nitrogens is 3. The number of nitrogens with zero attached hydrogens (tertiary/aromatic N) is 3. The molecule has 3 rings (SSSR count). The fourth-order valence-electron chi connectivity index (χ4n) is 2.55. The SMILES string of the molecule is CNS(=O)(=O)c1ccc(OCC(F)(F)F)c(Nc2cc(Nc3ccc(Cl)c(C)n3)ncn2)c1.O=C(O)C(F)(F)F. The number of anilines is 4. The molecule has 0 saturated heterocycles. The minimum Gasteiger partial charge on any atom is -0.482 e. The first-order chi connectivity index (χ1) is 18.4. The largest absolute Gasteiger partial charge is 0.490 e. The maximum atomic E-state index is 12.6. The molecule has 0 fully saturated rings. The molecule has 0 saturated carbocycles. The Bertz CT molecular complexity index is 1460. The number of carboxylic acid groups (broad SMARTS) is 1. The van der Waals surface area contributed by atoms with Crippen molar-refractivity contribution in [3.8, 4) is 5.75 Å². The normalized spacial score (nSPS) is 11.7. The zero-order valence-corrected chi connectivity index (χ0v) is 21.8. The summed E-state index contributed by atoms with van der Waals surface area (Å²) in [7, 11) is -2.65. The van der Waals surface area contributed by atoms with E-state index in [-0.39, 0.29) is 22.2 Å². The standard InChI is InChI=1S/C19H18ClF3N6O3S.C2HF3O2/c1-11-13(20)4-6-16(27-11)29-18-8-17(25-10-26-18)28-14-7-12(33(30,31)24-2)3-5-15(14)32-9-19(21,22)23;3-2(4,5)1(6)7/h3-8,10,24H,9H2,1-2H3,(H2,25,26,27,28,29);(H,6,7). The van der Waals surface area contributed by atoms with Crippen LogP contribution in [-0.2, 0) is 14.8 Å². The van der Waals surface area contributed by atoms with Gasteiger partial charge in [-0.1, -0.05) is 11.6 Å². The number of benzene rings is 1. The maximum Gasteiger partial charge on any atom is 0.490 e. The number of aliphatic carboxylic acids is 1. The Morgan fingerprint density at radius 1 is 1.00 bits per heavy atom. The molecule has 40 heavy (non-hydrogen) atoms. The van der Waals surface area contributed by atoms with Gasteiger partial charge < -0.3 is 20.5 Å². The second kappa shape index (κ2) is 13.0. The number of ether oxygens (including phenoxy) is 1. The molecule has 0 unspecified atom stereocenters. The van der Waals surface area contributed by atoms with Crippen molar-refractivity contribution in [1.82, 2.24) is 19.7 Å². The predicted octanol–water partition coefficient (Wildman–Crippen LogP) is 4.80. The van der Waals surface area contributed by atoms with Gasteiger partial charge in [0, 0.05) is 6.07 Å². The second-order valence-corrected chi connectivity index (χ2v) is 9.67. The molecule has 0 spiro atoms. The number of aryl methyl sites for hydroxylation is 1. The average Bonchev–Trinajstić information content (AvgIpc) is 2.85. The van der Waals surface area contributed by atoms with Gasteiger partial charge in [0.15, 0.2) is 6.61 Å². The van der Waals surface area contributed by atoms with Gasteiger partial charge in [-0.05, 0) is 44.3 Å². The molecule has 2 heterocycles. The Morgan fingerprint density at radius 2 is 1.60 bits per heavy atom. The van der Waals surface area contributed by atoms with Crippen LogP contribution in [0.4, 0.5) is 49.5 Å². The van der Waals surface area contributed by atoms with E-state index in [0.717, 1.165) is 18.2 Å². The fourth-order valence-corrected chi connectivity index (χ4v) is 3.42. The van der Waals surface area contributed by atoms with Crippen LogP contribution in [0.2, 0.25) is 5.02 Å². The lowest BCUT2D eigenvalue weighted by Gasteiger charge is -2.16. The van der Waals surface area contributed by atoms with Gasteiger partial charge in [-0.25, -0.2) is 32.9 Å². The number of hydrogen-bond donors (Lipinski definition) is 4. The van der Waals surface area contributed by atoms with Gasteiger partial charge >= 0.3 is 18.3 Å². The quantitative estimate of drug-likeness (QED) is 0.259. The molecule has 11 nitrogen and oxygen atoms in total. The number of carboxylic acids is 1. The third-order valence-electron chi connectivity index (χ3n) is 4.37. The van der Waals surface area contributed by atoms with E-state index in [4.69, 9.17) is 26.2 Å². The molecule has 0 aliphatic rings. The van der Waals surface area contributed by atoms with Crippen molar-refractivity contribution in [3.63, 3.8) is 0 Å². The van der Waals surface area contributed by atoms with Crippen molar-refractivity contribution < 1.29 is 49.4 Å². The molecule has 0 amide bonds. The number of sulfonamides is 1. The average molecular weight is 617 g/mol. The predicted molar refractivity (Wildman–Crippen MR) is 131 cm³/mol. The first kappa shape index (κ1) is 32.3. The van der Waals surface area contributed by atoms with Gasteiger partial charge in [0.1, 0.15) is 29.5 Å². The van der Waals surface area contributed by atoms with Gasteiger partial charge in [0.05, 0.1) is 21.3 Å². The van der Waals surface area contributed by atoms with Crippen LogP contribution < -0.4 is 20.1 Å². The number of halogens is 7. The number of carbonyl (C=O) groups is 1. The van der Waals surface area contributed by atoms with Gasteiger partial charge in [0.2, 0.25) is 10.0 Å². The fraction of sp³-hybridized carbons (Fsp3) is 0.238. The van der Waals surface area contributed by atoms with Crippen LogP contribution >= 0.6 is 11.6 Å². The maximum absolute atomic E-state index is 12.6. The lowest BCUT2D eigenvalue weighted by atomic mass is 10.3. The van der Waals surface area contributed by atoms with E-state index in [0.29, 0.717) is 22.4 Å². The molecule has 3 aromatic rings. The lowest BCUT2D eigenvalue weighted by molar-refractivity contribution is -0.192. The zero-order chi connectivity index (χ0) is 30.3. The molecule has 218 valence electrons. The van der Waals surface area contributed by atoms with Crippen molar-refractivity contribution in [3.05, 3.63) is 53.4 Å². The summed E-state index contributed by atoms with van der Waals surface area (Å²) in [5.41, 5.74) is 0.559. The third-order valence-corrected chi connectivity index (χ3v) is 6.18. The van der Waals surface area contributed by atoms with E-state index < -0.39 is 35.0 Å². The lowest BCUT2D eigenvalue weighted by Crippen LogP contribution is -2.21. The van der Waals surface area contributed by atoms with Crippen LogP contribution in [0.15, 0.2) is 47.6 Å². The van der Waals surface area contributed by atoms with Crippen LogP contribution in [0.3, 0.4) is 0 Å². The molecular formula is C21H19ClF6N6O5S. The molecule has 0 radical (unpaired) electrons. The molecule has 0 atom stereocenters. The Morgan fingerprint density at radius 3 is 2.12 bits per heavy atom. The van der Waals surface area contributed by atoms with E-state index in [2.05, 4.69) is 30.3 Å². The summed E-state index contributed by atoms with van der Waals surface area (Å²) in [5.74, 6) is -2.04. The molecule has 0 aliphatic heterocycles. The minimum atomic E-state index is -5.08. The molecule has 2 aromatic heterocycles. The summed E-state index contributed by atoms with van der Waals surface area (Å²) in [6.45, 7) is 0.174. The van der Waals surface area contributed by atoms with Gasteiger partial charge in [-0.3, -0.25) is 0 Å². The van der Waals surface area contributed by atoms with Crippen LogP contribution in [0.5, 0.6) is 5.75 Å². The first-order valence-electron chi connectivity index (χ1n) is 10.5. The highest BCUT2D eigenvalue weighted by Gasteiger charge is 2.38. The smallest absolute Gasteiger partial charge is 0.482 e. The van der Waals surface area contributed by atoms with Gasteiger partial charge in [-0.15, -0.1) is 0 Å². The van der Waals surface area contributed by atoms with Gasteiger partial charge in [0.25, 0.3) is 0 Å². The molecule has 19 heteroatoms. The zero-order valence-electron chi connectivity index (χ0n) is 20.2. The highest BCUT2D eigenvalue weighted by Crippen LogP contribution is 2.32. The second-order valence-electron chi connectivity index (χ2n) is 7.37. The molecular weight excluding hydrogens is 598 g/mol. The number of alkyl halides is 6. The minimum absolute atomic E-state index is 0.0410. The Kier molecular flexibility index (Phi) is 10.5. The third kappa shape index (κ3) is 10.0. The summed E-state index contributed by atoms with van der Waals surface area (Å²) in [4.78, 5) is 21.1. The summed E-state index contributed by atoms with van der Waals surface area (Å²) in [6.07, 6.45) is -8.46. The van der Waals surface area contributed by atoms with E-state index >= 15 is 0 Å². The monoisotopic (exact) mass is 616 g/mol. The van der Waals surface area contributed by atoms with Crippen molar-refractivity contribution in [2.45, 2.75) is 24.2 Å². The molecule has 0 aliphatic carbocycles. The number of pyridine rings is 1. The highest BCUT2D eigenvalue weighted by atomic mass is 35.5. The summed E-state index contributed by atoms with van der Waals surface area (Å²) in [5, 5.41) is 13.3. The van der Waals surface area contributed by atoms with Crippen molar-refractivity contribution in [1.29, 1.82) is 0 Å². The number of nitrogens with one attached hydrogen (secondary N) is 3. The summed E-state index contributed by atoms with van der Waals surface area (Å²) >= 11 is 5.97.